The molecule has 4 atom stereocenters. The number of carbonyl (C=O) groups is 4. The first-order valence-corrected chi connectivity index (χ1v) is 44.4. The molecule has 12 aromatic rings. The molecule has 125 heavy (non-hydrogen) atoms. The van der Waals surface area contributed by atoms with E-state index < -0.39 is 11.6 Å². The Hall–Kier alpha value is -10.8. The average Bonchev–Trinajstić information content (AvgIpc) is 1.62. The number of rotatable bonds is 18. The van der Waals surface area contributed by atoms with Gasteiger partial charge in [0.05, 0.1) is 52.3 Å². The van der Waals surface area contributed by atoms with E-state index in [1.165, 1.54) is 33.3 Å². The van der Waals surface area contributed by atoms with Crippen LogP contribution in [0.2, 0.25) is 20.1 Å². The number of morpholine rings is 2. The number of benzene rings is 8. The van der Waals surface area contributed by atoms with Crippen molar-refractivity contribution in [2.75, 3.05) is 138 Å². The minimum Gasteiger partial charge on any atom is -0.492 e. The smallest absolute Gasteiger partial charge is 0.411 e. The lowest BCUT2D eigenvalue weighted by Crippen LogP contribution is -2.43. The van der Waals surface area contributed by atoms with E-state index in [1.54, 1.807) is 40.7 Å². The second-order valence-corrected chi connectivity index (χ2v) is 34.1. The third-order valence-corrected chi connectivity index (χ3v) is 24.3. The van der Waals surface area contributed by atoms with Crippen LogP contribution in [-0.2, 0) is 58.9 Å². The first-order valence-electron chi connectivity index (χ1n) is 42.9. The summed E-state index contributed by atoms with van der Waals surface area (Å²) in [5.41, 5.74) is 16.7. The highest BCUT2D eigenvalue weighted by Gasteiger charge is 2.41. The Morgan fingerprint density at radius 3 is 1.21 bits per heavy atom. The quantitative estimate of drug-likeness (QED) is 0.0395. The van der Waals surface area contributed by atoms with Crippen molar-refractivity contribution in [3.05, 3.63) is 251 Å². The van der Waals surface area contributed by atoms with Gasteiger partial charge >= 0.3 is 24.2 Å². The third-order valence-electron chi connectivity index (χ3n) is 23.4. The van der Waals surface area contributed by atoms with Gasteiger partial charge in [-0.3, -0.25) is 24.5 Å². The van der Waals surface area contributed by atoms with Crippen molar-refractivity contribution >= 4 is 114 Å². The standard InChI is InChI=1S/C26H30ClN3O4.C24H25ClN2O5.C23H26ClN3O2.C23H23ClN2O4/c1-2-33-26(31)30-10-9-21-22-17-19(27)5-8-23(22)28-24(21)25(30)18-3-6-20(7-4-18)34-16-13-29-11-14-32-15-12-29;1-3-30-21(28)14-32-17-8-5-15(6-9-17)23-22-18(11-12-27(23)24(29)31-4-2)19-13-16(25)7-10-20(19)26-22;24-17-3-6-21-20(15-17)19-7-8-25-22(23(19)26-21)16-1-4-18(5-2-16)29-14-11-27-9-12-28-13-10-27;1-23(2,3)30-22(27)26-9-8-15-16-11-14(24)5-6-17(16)25-20(15)21(26)13-4-7-18-19(10-13)29-12-28-18/h3-8,17,25,28H,2,9-16H2,1H3;5-10,13,23,26H,3-4,11-12,14H2,1-2H3;1-6,15,22,25-26H,7-14H2;4-7,10-11,21,25H,8-9,12H2,1-3H3. The maximum absolute atomic E-state index is 13.1. The highest BCUT2D eigenvalue weighted by Crippen LogP contribution is 2.46. The highest BCUT2D eigenvalue weighted by atomic mass is 35.5. The number of esters is 1. The predicted molar refractivity (Wildman–Crippen MR) is 483 cm³/mol. The number of amides is 3. The van der Waals surface area contributed by atoms with Gasteiger partial charge in [0.2, 0.25) is 6.79 Å². The van der Waals surface area contributed by atoms with Crippen LogP contribution >= 0.6 is 46.4 Å². The minimum atomic E-state index is -0.579. The van der Waals surface area contributed by atoms with Gasteiger partial charge < -0.3 is 77.4 Å². The molecule has 11 heterocycles. The monoisotopic (exact) mass is 1780 g/mol. The van der Waals surface area contributed by atoms with Crippen LogP contribution in [0.1, 0.15) is 133 Å². The number of nitrogens with zero attached hydrogens (tertiary/aromatic N) is 5. The summed E-state index contributed by atoms with van der Waals surface area (Å²) in [4.78, 5) is 74.5. The molecule has 0 aliphatic carbocycles. The maximum Gasteiger partial charge on any atom is 0.411 e. The molecule has 2 fully saturated rings. The lowest BCUT2D eigenvalue weighted by molar-refractivity contribution is -0.145. The van der Waals surface area contributed by atoms with Crippen molar-refractivity contribution in [1.29, 1.82) is 0 Å². The van der Waals surface area contributed by atoms with E-state index >= 15 is 0 Å². The number of aromatic amines is 4. The molecule has 7 aliphatic rings. The van der Waals surface area contributed by atoms with Crippen LogP contribution in [0.25, 0.3) is 43.6 Å². The molecule has 19 rings (SSSR count). The largest absolute Gasteiger partial charge is 0.492 e. The molecule has 4 unspecified atom stereocenters. The van der Waals surface area contributed by atoms with Crippen LogP contribution in [0.15, 0.2) is 164 Å². The summed E-state index contributed by atoms with van der Waals surface area (Å²) < 4.78 is 60.6. The molecule has 0 bridgehead atoms. The van der Waals surface area contributed by atoms with Crippen LogP contribution < -0.4 is 29.0 Å². The topological polar surface area (TPSA) is 261 Å². The van der Waals surface area contributed by atoms with E-state index in [-0.39, 0.29) is 55.8 Å². The third kappa shape index (κ3) is 20.3. The van der Waals surface area contributed by atoms with E-state index in [1.807, 2.05) is 143 Å². The van der Waals surface area contributed by atoms with Gasteiger partial charge in [0.15, 0.2) is 18.1 Å². The van der Waals surface area contributed by atoms with Crippen molar-refractivity contribution in [3.63, 3.8) is 0 Å². The Bertz CT molecular complexity index is 5800. The second-order valence-electron chi connectivity index (χ2n) is 32.4. The van der Waals surface area contributed by atoms with E-state index in [2.05, 4.69) is 71.5 Å². The molecular weight excluding hydrogens is 1670 g/mol. The van der Waals surface area contributed by atoms with Gasteiger partial charge in [-0.25, -0.2) is 19.2 Å². The number of halogens is 4. The Labute approximate surface area is 745 Å². The molecule has 3 amide bonds. The van der Waals surface area contributed by atoms with E-state index in [9.17, 15) is 19.2 Å². The molecule has 8 aromatic carbocycles. The normalized spacial score (nSPS) is 17.9. The van der Waals surface area contributed by atoms with Gasteiger partial charge in [-0.15, -0.1) is 0 Å². The van der Waals surface area contributed by atoms with Crippen molar-refractivity contribution < 1.29 is 71.3 Å². The Morgan fingerprint density at radius 1 is 0.408 bits per heavy atom. The fourth-order valence-electron chi connectivity index (χ4n) is 17.5. The van der Waals surface area contributed by atoms with Gasteiger partial charge in [0.25, 0.3) is 0 Å². The summed E-state index contributed by atoms with van der Waals surface area (Å²) in [6.45, 7) is 24.9. The van der Waals surface area contributed by atoms with Crippen LogP contribution in [0.4, 0.5) is 14.4 Å². The molecule has 0 saturated carbocycles. The van der Waals surface area contributed by atoms with Crippen molar-refractivity contribution in [3.8, 4) is 28.7 Å². The molecule has 656 valence electrons. The highest BCUT2D eigenvalue weighted by molar-refractivity contribution is 6.32. The lowest BCUT2D eigenvalue weighted by Gasteiger charge is -2.37. The van der Waals surface area contributed by atoms with Crippen LogP contribution in [-0.4, -0.2) is 213 Å². The maximum atomic E-state index is 13.1. The summed E-state index contributed by atoms with van der Waals surface area (Å²) in [6.07, 6.45) is 2.17. The molecule has 5 N–H and O–H groups in total. The average molecular weight is 1780 g/mol. The SMILES string of the molecule is CC(C)(C)OC(=O)N1CCc2c([nH]c3ccc(Cl)cc23)C1c1ccc2c(c1)OCO2.CCOC(=O)COc1ccc(C2c3[nH]c4ccc(Cl)cc4c3CCN2C(=O)OCC)cc1.CCOC(=O)N1CCc2c([nH]c3ccc(Cl)cc23)C1c1ccc(OCCN2CCOCC2)cc1.Clc1ccc2[nH]c3c(c2c1)CCNC3c1ccc(OCCN2CCOCC2)cc1. The van der Waals surface area contributed by atoms with Crippen LogP contribution in [0.5, 0.6) is 28.7 Å². The Kier molecular flexibility index (Phi) is 27.9. The number of hydrogen-bond donors (Lipinski definition) is 5. The summed E-state index contributed by atoms with van der Waals surface area (Å²) in [5, 5.41) is 11.0. The summed E-state index contributed by atoms with van der Waals surface area (Å²) in [6, 6.07) is 52.4. The number of hydrogen-bond acceptors (Lipinski definition) is 18. The van der Waals surface area contributed by atoms with Crippen LogP contribution in [0, 0.1) is 0 Å². The first-order chi connectivity index (χ1) is 60.7. The van der Waals surface area contributed by atoms with E-state index in [4.69, 9.17) is 98.5 Å². The molecule has 29 heteroatoms. The predicted octanol–water partition coefficient (Wildman–Crippen LogP) is 18.7. The number of aromatic nitrogens is 4. The second kappa shape index (κ2) is 39.8. The molecule has 25 nitrogen and oxygen atoms in total. The van der Waals surface area contributed by atoms with E-state index in [0.717, 1.165) is 186 Å². The number of ether oxygens (including phenoxy) is 11. The fraction of sp³-hybridized carbons (Fsp3) is 0.375. The van der Waals surface area contributed by atoms with Crippen molar-refractivity contribution in [1.82, 2.24) is 49.8 Å². The molecular formula is C96H104Cl4N10O15. The molecule has 2 saturated heterocycles. The Morgan fingerprint density at radius 2 is 0.784 bits per heavy atom. The van der Waals surface area contributed by atoms with Gasteiger partial charge in [0, 0.05) is 152 Å². The zero-order valence-corrected chi connectivity index (χ0v) is 74.0. The molecule has 4 aromatic heterocycles. The number of H-pyrrole nitrogens is 4. The van der Waals surface area contributed by atoms with Crippen LogP contribution in [0.3, 0.4) is 0 Å². The minimum absolute atomic E-state index is 0.154. The first kappa shape index (κ1) is 87.6. The molecule has 0 spiro atoms. The number of carbonyl (C=O) groups excluding carboxylic acids is 4. The summed E-state index contributed by atoms with van der Waals surface area (Å²) >= 11 is 25.0. The number of fused-ring (bicyclic) bond motifs is 13. The van der Waals surface area contributed by atoms with Gasteiger partial charge in [-0.05, 0) is 233 Å². The lowest BCUT2D eigenvalue weighted by atomic mass is 9.92. The fourth-order valence-corrected chi connectivity index (χ4v) is 18.2. The van der Waals surface area contributed by atoms with Gasteiger partial charge in [0.1, 0.15) is 54.2 Å². The van der Waals surface area contributed by atoms with Gasteiger partial charge in [-0.1, -0.05) is 88.9 Å². The van der Waals surface area contributed by atoms with Crippen molar-refractivity contribution in [2.24, 2.45) is 0 Å². The summed E-state index contributed by atoms with van der Waals surface area (Å²) in [7, 11) is 0. The molecule has 0 radical (unpaired) electrons. The van der Waals surface area contributed by atoms with Gasteiger partial charge in [-0.2, -0.15) is 0 Å². The Balaban J connectivity index is 0.000000123. The number of nitrogens with one attached hydrogen (secondary N) is 5. The zero-order chi connectivity index (χ0) is 86.8. The van der Waals surface area contributed by atoms with Crippen molar-refractivity contribution in [2.45, 2.75) is 97.0 Å². The zero-order valence-electron chi connectivity index (χ0n) is 70.9. The van der Waals surface area contributed by atoms with E-state index in [0.29, 0.717) is 91.4 Å². The molecule has 7 aliphatic heterocycles. The summed E-state index contributed by atoms with van der Waals surface area (Å²) in [5.74, 6) is 3.26.